The molecular formula is C18H16BrNO3. The van der Waals surface area contributed by atoms with Crippen LogP contribution in [0.15, 0.2) is 59.1 Å². The molecule has 0 saturated carbocycles. The summed E-state index contributed by atoms with van der Waals surface area (Å²) < 4.78 is 6.00. The van der Waals surface area contributed by atoms with Gasteiger partial charge in [-0.3, -0.25) is 4.79 Å². The summed E-state index contributed by atoms with van der Waals surface area (Å²) in [5.41, 5.74) is 1.94. The SMILES string of the molecule is O=C(Cc1cccc(Br)c1)N1C(=O)OC[C@@H]1Cc1ccccc1. The molecule has 0 spiro atoms. The predicted molar refractivity (Wildman–Crippen MR) is 90.0 cm³/mol. The minimum absolute atomic E-state index is 0.180. The predicted octanol–water partition coefficient (Wildman–Crippen LogP) is 3.58. The normalized spacial score (nSPS) is 17.2. The zero-order valence-electron chi connectivity index (χ0n) is 12.4. The van der Waals surface area contributed by atoms with E-state index < -0.39 is 6.09 Å². The Balaban J connectivity index is 1.73. The second-order valence-electron chi connectivity index (χ2n) is 5.49. The molecule has 23 heavy (non-hydrogen) atoms. The van der Waals surface area contributed by atoms with Gasteiger partial charge in [0.25, 0.3) is 0 Å². The van der Waals surface area contributed by atoms with Crippen LogP contribution in [0.3, 0.4) is 0 Å². The number of carbonyl (C=O) groups is 2. The molecule has 2 aromatic rings. The smallest absolute Gasteiger partial charge is 0.416 e. The summed E-state index contributed by atoms with van der Waals surface area (Å²) in [6.07, 6.45) is 0.238. The van der Waals surface area contributed by atoms with Gasteiger partial charge in [-0.25, -0.2) is 9.69 Å². The van der Waals surface area contributed by atoms with Crippen molar-refractivity contribution in [1.82, 2.24) is 4.90 Å². The number of carbonyl (C=O) groups excluding carboxylic acids is 2. The zero-order valence-corrected chi connectivity index (χ0v) is 14.0. The van der Waals surface area contributed by atoms with Gasteiger partial charge < -0.3 is 4.74 Å². The number of imide groups is 1. The lowest BCUT2D eigenvalue weighted by atomic mass is 10.0. The molecule has 1 fully saturated rings. The molecule has 1 aliphatic rings. The first kappa shape index (κ1) is 15.7. The fourth-order valence-corrected chi connectivity index (χ4v) is 3.16. The molecule has 0 aliphatic carbocycles. The summed E-state index contributed by atoms with van der Waals surface area (Å²) in [4.78, 5) is 25.8. The molecule has 2 amide bonds. The third kappa shape index (κ3) is 3.79. The van der Waals surface area contributed by atoms with E-state index in [1.165, 1.54) is 4.90 Å². The number of nitrogens with zero attached hydrogens (tertiary/aromatic N) is 1. The molecule has 5 heteroatoms. The number of hydrogen-bond acceptors (Lipinski definition) is 3. The molecule has 0 N–H and O–H groups in total. The van der Waals surface area contributed by atoms with E-state index in [0.29, 0.717) is 6.42 Å². The maximum Gasteiger partial charge on any atom is 0.416 e. The van der Waals surface area contributed by atoms with Gasteiger partial charge in [0, 0.05) is 4.47 Å². The second kappa shape index (κ2) is 6.96. The van der Waals surface area contributed by atoms with Gasteiger partial charge in [0.15, 0.2) is 0 Å². The van der Waals surface area contributed by atoms with E-state index in [4.69, 9.17) is 4.74 Å². The summed E-state index contributed by atoms with van der Waals surface area (Å²) in [6, 6.07) is 17.1. The molecule has 0 radical (unpaired) electrons. The number of cyclic esters (lactones) is 1. The summed E-state index contributed by atoms with van der Waals surface area (Å²) in [6.45, 7) is 0.248. The first-order valence-electron chi connectivity index (χ1n) is 7.40. The number of amides is 2. The highest BCUT2D eigenvalue weighted by molar-refractivity contribution is 9.10. The number of rotatable bonds is 4. The average Bonchev–Trinajstić information content (AvgIpc) is 2.89. The molecule has 0 aromatic heterocycles. The fourth-order valence-electron chi connectivity index (χ4n) is 2.71. The first-order chi connectivity index (χ1) is 11.1. The fraction of sp³-hybridized carbons (Fsp3) is 0.222. The van der Waals surface area contributed by atoms with Crippen LogP contribution in [-0.2, 0) is 22.4 Å². The van der Waals surface area contributed by atoms with Crippen LogP contribution >= 0.6 is 15.9 Å². The van der Waals surface area contributed by atoms with Crippen LogP contribution in [0.1, 0.15) is 11.1 Å². The van der Waals surface area contributed by atoms with Crippen molar-refractivity contribution < 1.29 is 14.3 Å². The largest absolute Gasteiger partial charge is 0.447 e. The summed E-state index contributed by atoms with van der Waals surface area (Å²) in [5, 5.41) is 0. The van der Waals surface area contributed by atoms with E-state index >= 15 is 0 Å². The van der Waals surface area contributed by atoms with Crippen LogP contribution in [0.5, 0.6) is 0 Å². The van der Waals surface area contributed by atoms with Gasteiger partial charge in [-0.2, -0.15) is 0 Å². The third-order valence-electron chi connectivity index (χ3n) is 3.79. The Morgan fingerprint density at radius 3 is 2.61 bits per heavy atom. The van der Waals surface area contributed by atoms with Gasteiger partial charge in [0.05, 0.1) is 12.5 Å². The number of halogens is 1. The molecule has 1 heterocycles. The highest BCUT2D eigenvalue weighted by atomic mass is 79.9. The average molecular weight is 374 g/mol. The van der Waals surface area contributed by atoms with Gasteiger partial charge in [-0.15, -0.1) is 0 Å². The zero-order chi connectivity index (χ0) is 16.2. The van der Waals surface area contributed by atoms with Crippen molar-refractivity contribution in [3.05, 3.63) is 70.2 Å². The molecule has 1 saturated heterocycles. The second-order valence-corrected chi connectivity index (χ2v) is 6.41. The highest BCUT2D eigenvalue weighted by Crippen LogP contribution is 2.20. The molecule has 118 valence electrons. The van der Waals surface area contributed by atoms with Crippen molar-refractivity contribution in [3.63, 3.8) is 0 Å². The Morgan fingerprint density at radius 1 is 1.13 bits per heavy atom. The first-order valence-corrected chi connectivity index (χ1v) is 8.20. The van der Waals surface area contributed by atoms with Crippen molar-refractivity contribution in [1.29, 1.82) is 0 Å². The van der Waals surface area contributed by atoms with Gasteiger partial charge >= 0.3 is 6.09 Å². The van der Waals surface area contributed by atoms with Crippen LogP contribution in [0.4, 0.5) is 4.79 Å². The minimum Gasteiger partial charge on any atom is -0.447 e. The van der Waals surface area contributed by atoms with Crippen molar-refractivity contribution in [3.8, 4) is 0 Å². The van der Waals surface area contributed by atoms with Crippen molar-refractivity contribution in [2.45, 2.75) is 18.9 Å². The highest BCUT2D eigenvalue weighted by Gasteiger charge is 2.37. The van der Waals surface area contributed by atoms with E-state index in [1.807, 2.05) is 54.6 Å². The number of benzene rings is 2. The van der Waals surface area contributed by atoms with E-state index in [2.05, 4.69) is 15.9 Å². The van der Waals surface area contributed by atoms with Crippen LogP contribution in [0, 0.1) is 0 Å². The Labute approximate surface area is 143 Å². The van der Waals surface area contributed by atoms with Crippen LogP contribution < -0.4 is 0 Å². The summed E-state index contributed by atoms with van der Waals surface area (Å²) >= 11 is 3.39. The summed E-state index contributed by atoms with van der Waals surface area (Å²) in [7, 11) is 0. The van der Waals surface area contributed by atoms with Crippen LogP contribution in [0.25, 0.3) is 0 Å². The molecule has 2 aromatic carbocycles. The molecule has 1 aliphatic heterocycles. The Bertz CT molecular complexity index is 717. The van der Waals surface area contributed by atoms with Crippen LogP contribution in [0.2, 0.25) is 0 Å². The van der Waals surface area contributed by atoms with Crippen molar-refractivity contribution >= 4 is 27.9 Å². The summed E-state index contributed by atoms with van der Waals surface area (Å²) in [5.74, 6) is -0.230. The standard InChI is InChI=1S/C18H16BrNO3/c19-15-8-4-7-14(9-15)11-17(21)20-16(12-23-18(20)22)10-13-5-2-1-3-6-13/h1-9,16H,10-12H2/t16-/m0/s1. The van der Waals surface area contributed by atoms with Crippen LogP contribution in [-0.4, -0.2) is 29.5 Å². The Morgan fingerprint density at radius 2 is 1.87 bits per heavy atom. The molecule has 0 unspecified atom stereocenters. The Hall–Kier alpha value is -2.14. The van der Waals surface area contributed by atoms with Crippen molar-refractivity contribution in [2.75, 3.05) is 6.61 Å². The topological polar surface area (TPSA) is 46.6 Å². The van der Waals surface area contributed by atoms with E-state index in [1.54, 1.807) is 0 Å². The molecule has 0 bridgehead atoms. The lowest BCUT2D eigenvalue weighted by Gasteiger charge is -2.19. The van der Waals surface area contributed by atoms with Gasteiger partial charge in [0.2, 0.25) is 5.91 Å². The van der Waals surface area contributed by atoms with Gasteiger partial charge in [0.1, 0.15) is 6.61 Å². The molecular weight excluding hydrogens is 358 g/mol. The maximum atomic E-state index is 12.5. The minimum atomic E-state index is -0.550. The lowest BCUT2D eigenvalue weighted by Crippen LogP contribution is -2.41. The maximum absolute atomic E-state index is 12.5. The Kier molecular flexibility index (Phi) is 4.76. The molecule has 4 nitrogen and oxygen atoms in total. The quantitative estimate of drug-likeness (QED) is 0.822. The molecule has 1 atom stereocenters. The van der Waals surface area contributed by atoms with E-state index in [-0.39, 0.29) is 25.0 Å². The third-order valence-corrected chi connectivity index (χ3v) is 4.28. The lowest BCUT2D eigenvalue weighted by molar-refractivity contribution is -0.128. The van der Waals surface area contributed by atoms with Gasteiger partial charge in [-0.05, 0) is 29.7 Å². The van der Waals surface area contributed by atoms with E-state index in [9.17, 15) is 9.59 Å². The van der Waals surface area contributed by atoms with Gasteiger partial charge in [-0.1, -0.05) is 58.4 Å². The number of ether oxygens (including phenoxy) is 1. The number of hydrogen-bond donors (Lipinski definition) is 0. The van der Waals surface area contributed by atoms with E-state index in [0.717, 1.165) is 15.6 Å². The van der Waals surface area contributed by atoms with Crippen molar-refractivity contribution in [2.24, 2.45) is 0 Å². The molecule has 3 rings (SSSR count). The monoisotopic (exact) mass is 373 g/mol.